The molecule has 0 radical (unpaired) electrons. The number of benzene rings is 1. The second kappa shape index (κ2) is 5.00. The van der Waals surface area contributed by atoms with Gasteiger partial charge in [-0.1, -0.05) is 0 Å². The number of nitrogens with zero attached hydrogens (tertiary/aromatic N) is 2. The number of fused-ring (bicyclic) bond motifs is 1. The molecular weight excluding hydrogens is 313 g/mol. The van der Waals surface area contributed by atoms with Crippen molar-refractivity contribution in [2.45, 2.75) is 18.9 Å². The van der Waals surface area contributed by atoms with Gasteiger partial charge in [0.05, 0.1) is 16.6 Å². The second-order valence-electron chi connectivity index (χ2n) is 5.71. The van der Waals surface area contributed by atoms with Crippen LogP contribution in [-0.2, 0) is 0 Å². The largest absolute Gasteiger partial charge is 0.477 e. The number of aromatic carboxylic acids is 1. The van der Waals surface area contributed by atoms with Crippen LogP contribution in [0.5, 0.6) is 0 Å². The number of carboxylic acids is 1. The van der Waals surface area contributed by atoms with Gasteiger partial charge in [-0.25, -0.2) is 18.0 Å². The lowest BCUT2D eigenvalue weighted by Crippen LogP contribution is -2.23. The molecule has 1 heterocycles. The first-order chi connectivity index (χ1) is 10.8. The van der Waals surface area contributed by atoms with Crippen molar-refractivity contribution in [1.29, 1.82) is 0 Å². The van der Waals surface area contributed by atoms with Crippen molar-refractivity contribution in [2.75, 3.05) is 19.0 Å². The Labute approximate surface area is 128 Å². The van der Waals surface area contributed by atoms with Gasteiger partial charge in [0, 0.05) is 26.2 Å². The van der Waals surface area contributed by atoms with Crippen molar-refractivity contribution in [1.82, 2.24) is 4.57 Å². The van der Waals surface area contributed by atoms with Crippen molar-refractivity contribution in [3.8, 4) is 0 Å². The summed E-state index contributed by atoms with van der Waals surface area (Å²) in [5.74, 6) is -6.17. The van der Waals surface area contributed by atoms with E-state index in [0.717, 1.165) is 10.6 Å². The van der Waals surface area contributed by atoms with E-state index in [9.17, 15) is 27.9 Å². The van der Waals surface area contributed by atoms with Crippen molar-refractivity contribution >= 4 is 22.6 Å². The summed E-state index contributed by atoms with van der Waals surface area (Å²) >= 11 is 0. The van der Waals surface area contributed by atoms with Crippen molar-refractivity contribution < 1.29 is 23.1 Å². The predicted octanol–water partition coefficient (Wildman–Crippen LogP) is 2.52. The molecule has 1 saturated carbocycles. The standard InChI is InChI=1S/C15H13F3N2O3/c1-19(2)13-9-8(21)5-7(15(22)23)20(6-3-4-6)14(9)12(18)10(16)11(13)17/h5-6H,3-4H2,1-2H3,(H,22,23). The Bertz CT molecular complexity index is 901. The molecule has 2 aromatic rings. The lowest BCUT2D eigenvalue weighted by molar-refractivity contribution is 0.0684. The first-order valence-electron chi connectivity index (χ1n) is 6.92. The lowest BCUT2D eigenvalue weighted by atomic mass is 10.1. The highest BCUT2D eigenvalue weighted by molar-refractivity contribution is 5.97. The van der Waals surface area contributed by atoms with Crippen LogP contribution in [0.15, 0.2) is 10.9 Å². The zero-order valence-electron chi connectivity index (χ0n) is 12.4. The van der Waals surface area contributed by atoms with Crippen molar-refractivity contribution in [3.05, 3.63) is 39.4 Å². The third-order valence-corrected chi connectivity index (χ3v) is 3.87. The van der Waals surface area contributed by atoms with Gasteiger partial charge in [0.15, 0.2) is 22.9 Å². The van der Waals surface area contributed by atoms with Crippen molar-refractivity contribution in [2.24, 2.45) is 0 Å². The molecule has 1 fully saturated rings. The number of carboxylic acid groups (broad SMARTS) is 1. The third kappa shape index (κ3) is 2.16. The molecule has 0 bridgehead atoms. The fourth-order valence-electron chi connectivity index (χ4n) is 2.78. The zero-order valence-corrected chi connectivity index (χ0v) is 12.4. The monoisotopic (exact) mass is 326 g/mol. The van der Waals surface area contributed by atoms with Crippen LogP contribution in [-0.4, -0.2) is 29.7 Å². The minimum Gasteiger partial charge on any atom is -0.477 e. The number of halogens is 3. The minimum absolute atomic E-state index is 0.349. The van der Waals surface area contributed by atoms with E-state index in [2.05, 4.69) is 0 Å². The summed E-state index contributed by atoms with van der Waals surface area (Å²) < 4.78 is 43.6. The highest BCUT2D eigenvalue weighted by atomic mass is 19.2. The summed E-state index contributed by atoms with van der Waals surface area (Å²) in [5.41, 5.74) is -2.19. The molecule has 122 valence electrons. The number of anilines is 1. The van der Waals surface area contributed by atoms with Crippen LogP contribution in [0.3, 0.4) is 0 Å². The van der Waals surface area contributed by atoms with E-state index in [1.165, 1.54) is 19.0 Å². The number of aromatic nitrogens is 1. The zero-order chi connectivity index (χ0) is 17.0. The van der Waals surface area contributed by atoms with Gasteiger partial charge in [-0.3, -0.25) is 4.79 Å². The van der Waals surface area contributed by atoms with Crippen LogP contribution in [0.1, 0.15) is 29.4 Å². The first-order valence-corrected chi connectivity index (χ1v) is 6.92. The summed E-state index contributed by atoms with van der Waals surface area (Å²) in [5, 5.41) is 8.90. The summed E-state index contributed by atoms with van der Waals surface area (Å²) in [6.07, 6.45) is 1.15. The average molecular weight is 326 g/mol. The Balaban J connectivity index is 2.62. The fourth-order valence-corrected chi connectivity index (χ4v) is 2.78. The summed E-state index contributed by atoms with van der Waals surface area (Å²) in [6, 6.07) is 0.478. The van der Waals surface area contributed by atoms with Gasteiger partial charge in [-0.05, 0) is 12.8 Å². The van der Waals surface area contributed by atoms with E-state index in [-0.39, 0.29) is 11.4 Å². The molecule has 1 aromatic carbocycles. The quantitative estimate of drug-likeness (QED) is 0.881. The smallest absolute Gasteiger partial charge is 0.352 e. The molecule has 1 aliphatic carbocycles. The van der Waals surface area contributed by atoms with Crippen LogP contribution in [0.25, 0.3) is 10.9 Å². The lowest BCUT2D eigenvalue weighted by Gasteiger charge is -2.21. The molecule has 5 nitrogen and oxygen atoms in total. The van der Waals surface area contributed by atoms with Crippen LogP contribution in [0.2, 0.25) is 0 Å². The highest BCUT2D eigenvalue weighted by Gasteiger charge is 2.33. The number of hydrogen-bond acceptors (Lipinski definition) is 3. The number of hydrogen-bond donors (Lipinski definition) is 1. The molecule has 23 heavy (non-hydrogen) atoms. The molecule has 1 N–H and O–H groups in total. The summed E-state index contributed by atoms with van der Waals surface area (Å²) in [6.45, 7) is 0. The van der Waals surface area contributed by atoms with E-state index < -0.39 is 45.7 Å². The molecule has 8 heteroatoms. The number of carbonyl (C=O) groups is 1. The van der Waals surface area contributed by atoms with E-state index in [1.807, 2.05) is 0 Å². The molecule has 0 aliphatic heterocycles. The maximum Gasteiger partial charge on any atom is 0.352 e. The van der Waals surface area contributed by atoms with Gasteiger partial charge in [-0.15, -0.1) is 0 Å². The molecular formula is C15H13F3N2O3. The van der Waals surface area contributed by atoms with Crippen LogP contribution >= 0.6 is 0 Å². The van der Waals surface area contributed by atoms with Crippen LogP contribution in [0.4, 0.5) is 18.9 Å². The molecule has 0 spiro atoms. The highest BCUT2D eigenvalue weighted by Crippen LogP contribution is 2.41. The molecule has 1 aliphatic rings. The topological polar surface area (TPSA) is 62.5 Å². The van der Waals surface area contributed by atoms with Gasteiger partial charge in [-0.2, -0.15) is 0 Å². The maximum atomic E-state index is 14.4. The maximum absolute atomic E-state index is 14.4. The predicted molar refractivity (Wildman–Crippen MR) is 77.6 cm³/mol. The van der Waals surface area contributed by atoms with Crippen molar-refractivity contribution in [3.63, 3.8) is 0 Å². The van der Waals surface area contributed by atoms with Gasteiger partial charge < -0.3 is 14.6 Å². The van der Waals surface area contributed by atoms with Crippen LogP contribution < -0.4 is 10.3 Å². The average Bonchev–Trinajstić information content (AvgIpc) is 3.29. The number of pyridine rings is 1. The van der Waals surface area contributed by atoms with Gasteiger partial charge in [0.1, 0.15) is 5.69 Å². The Morgan fingerprint density at radius 1 is 1.22 bits per heavy atom. The molecule has 1 aromatic heterocycles. The molecule has 0 atom stereocenters. The number of rotatable bonds is 3. The molecule has 0 saturated heterocycles. The van der Waals surface area contributed by atoms with Crippen LogP contribution in [0, 0.1) is 17.5 Å². The Morgan fingerprint density at radius 3 is 2.30 bits per heavy atom. The van der Waals surface area contributed by atoms with E-state index in [1.54, 1.807) is 0 Å². The molecule has 3 rings (SSSR count). The van der Waals surface area contributed by atoms with Gasteiger partial charge in [0.25, 0.3) is 0 Å². The normalized spacial score (nSPS) is 14.3. The third-order valence-electron chi connectivity index (χ3n) is 3.87. The Morgan fingerprint density at radius 2 is 1.83 bits per heavy atom. The van der Waals surface area contributed by atoms with E-state index in [0.29, 0.717) is 12.8 Å². The molecule has 0 amide bonds. The van der Waals surface area contributed by atoms with E-state index >= 15 is 0 Å². The fraction of sp³-hybridized carbons (Fsp3) is 0.333. The summed E-state index contributed by atoms with van der Waals surface area (Å²) in [7, 11) is 2.78. The second-order valence-corrected chi connectivity index (χ2v) is 5.71. The van der Waals surface area contributed by atoms with Gasteiger partial charge >= 0.3 is 5.97 Å². The van der Waals surface area contributed by atoms with Gasteiger partial charge in [0.2, 0.25) is 0 Å². The first kappa shape index (κ1) is 15.4. The van der Waals surface area contributed by atoms with E-state index in [4.69, 9.17) is 0 Å². The molecule has 0 unspecified atom stereocenters. The Kier molecular flexibility index (Phi) is 3.35. The Hall–Kier alpha value is -2.51. The minimum atomic E-state index is -1.72. The summed E-state index contributed by atoms with van der Waals surface area (Å²) in [4.78, 5) is 24.8. The SMILES string of the molecule is CN(C)c1c(F)c(F)c(F)c2c1c(=O)cc(C(=O)O)n2C1CC1.